The zero-order valence-electron chi connectivity index (χ0n) is 17.3. The van der Waals surface area contributed by atoms with Crippen LogP contribution in [0, 0.1) is 5.92 Å². The Labute approximate surface area is 173 Å². The van der Waals surface area contributed by atoms with Gasteiger partial charge in [-0.2, -0.15) is 0 Å². The van der Waals surface area contributed by atoms with Crippen LogP contribution < -0.4 is 0 Å². The minimum Gasteiger partial charge on any atom is -0.357 e. The summed E-state index contributed by atoms with van der Waals surface area (Å²) < 4.78 is 0. The minimum absolute atomic E-state index is 0.259. The number of carbonyl (C=O) groups excluding carboxylic acids is 1. The number of benzene rings is 2. The Balaban J connectivity index is 1.19. The molecule has 2 heterocycles. The number of fused-ring (bicyclic) bond motifs is 1. The fourth-order valence-corrected chi connectivity index (χ4v) is 4.36. The summed E-state index contributed by atoms with van der Waals surface area (Å²) in [7, 11) is 1.91. The van der Waals surface area contributed by atoms with Gasteiger partial charge in [0.25, 0.3) is 0 Å². The van der Waals surface area contributed by atoms with E-state index in [-0.39, 0.29) is 5.91 Å². The zero-order valence-corrected chi connectivity index (χ0v) is 17.3. The highest BCUT2D eigenvalue weighted by Crippen LogP contribution is 2.24. The molecule has 0 bridgehead atoms. The maximum absolute atomic E-state index is 12.5. The molecule has 152 valence electrons. The number of amides is 1. The molecule has 1 saturated heterocycles. The topological polar surface area (TPSA) is 39.3 Å². The maximum Gasteiger partial charge on any atom is 0.222 e. The van der Waals surface area contributed by atoms with Gasteiger partial charge >= 0.3 is 0 Å². The summed E-state index contributed by atoms with van der Waals surface area (Å²) in [4.78, 5) is 20.4. The van der Waals surface area contributed by atoms with Crippen molar-refractivity contribution in [1.82, 2.24) is 14.8 Å². The molecule has 1 aromatic heterocycles. The van der Waals surface area contributed by atoms with E-state index in [0.29, 0.717) is 18.9 Å². The van der Waals surface area contributed by atoms with E-state index in [0.717, 1.165) is 26.1 Å². The molecule has 1 aliphatic rings. The van der Waals surface area contributed by atoms with Crippen LogP contribution in [-0.4, -0.2) is 40.8 Å². The first kappa shape index (κ1) is 19.7. The highest BCUT2D eigenvalue weighted by molar-refractivity contribution is 5.80. The SMILES string of the molecule is CN(Cc1ccccc1)C(=O)CCC1CCN(Cc2cc3ccccc3[nH]2)CC1. The molecule has 4 rings (SSSR count). The molecule has 0 spiro atoms. The summed E-state index contributed by atoms with van der Waals surface area (Å²) in [6.07, 6.45) is 4.06. The lowest BCUT2D eigenvalue weighted by Gasteiger charge is -2.31. The maximum atomic E-state index is 12.5. The first-order chi connectivity index (χ1) is 14.2. The lowest BCUT2D eigenvalue weighted by Crippen LogP contribution is -2.34. The number of hydrogen-bond acceptors (Lipinski definition) is 2. The first-order valence-electron chi connectivity index (χ1n) is 10.7. The number of H-pyrrole nitrogens is 1. The van der Waals surface area contributed by atoms with E-state index >= 15 is 0 Å². The van der Waals surface area contributed by atoms with E-state index in [1.165, 1.54) is 35.0 Å². The van der Waals surface area contributed by atoms with Gasteiger partial charge in [-0.25, -0.2) is 0 Å². The molecule has 1 aliphatic heterocycles. The Kier molecular flexibility index (Phi) is 6.30. The summed E-state index contributed by atoms with van der Waals surface area (Å²) in [6.45, 7) is 3.92. The van der Waals surface area contributed by atoms with E-state index in [1.807, 2.05) is 30.1 Å². The van der Waals surface area contributed by atoms with E-state index < -0.39 is 0 Å². The van der Waals surface area contributed by atoms with Gasteiger partial charge in [0.05, 0.1) is 0 Å². The largest absolute Gasteiger partial charge is 0.357 e. The van der Waals surface area contributed by atoms with Crippen molar-refractivity contribution in [2.45, 2.75) is 38.8 Å². The number of hydrogen-bond donors (Lipinski definition) is 1. The van der Waals surface area contributed by atoms with Crippen molar-refractivity contribution in [2.75, 3.05) is 20.1 Å². The normalized spacial score (nSPS) is 15.6. The van der Waals surface area contributed by atoms with Crippen molar-refractivity contribution in [1.29, 1.82) is 0 Å². The third-order valence-corrected chi connectivity index (χ3v) is 6.14. The summed E-state index contributed by atoms with van der Waals surface area (Å²) >= 11 is 0. The van der Waals surface area contributed by atoms with E-state index in [2.05, 4.69) is 52.3 Å². The molecule has 4 heteroatoms. The highest BCUT2D eigenvalue weighted by Gasteiger charge is 2.21. The van der Waals surface area contributed by atoms with Crippen molar-refractivity contribution in [3.05, 3.63) is 71.9 Å². The number of aromatic nitrogens is 1. The van der Waals surface area contributed by atoms with Crippen molar-refractivity contribution < 1.29 is 4.79 Å². The average molecular weight is 390 g/mol. The molecule has 0 atom stereocenters. The molecule has 2 aromatic carbocycles. The van der Waals surface area contributed by atoms with Crippen molar-refractivity contribution in [3.63, 3.8) is 0 Å². The summed E-state index contributed by atoms with van der Waals surface area (Å²) in [6, 6.07) is 20.9. The van der Waals surface area contributed by atoms with E-state index in [9.17, 15) is 4.79 Å². The predicted octanol–water partition coefficient (Wildman–Crippen LogP) is 4.82. The molecule has 1 N–H and O–H groups in total. The van der Waals surface area contributed by atoms with Crippen LogP contribution in [0.5, 0.6) is 0 Å². The number of piperidine rings is 1. The van der Waals surface area contributed by atoms with Crippen molar-refractivity contribution in [3.8, 4) is 0 Å². The monoisotopic (exact) mass is 389 g/mol. The zero-order chi connectivity index (χ0) is 20.1. The van der Waals surface area contributed by atoms with Crippen LogP contribution >= 0.6 is 0 Å². The van der Waals surface area contributed by atoms with Gasteiger partial charge in [-0.05, 0) is 61.4 Å². The molecule has 1 amide bonds. The second-order valence-electron chi connectivity index (χ2n) is 8.38. The van der Waals surface area contributed by atoms with Crippen LogP contribution in [0.15, 0.2) is 60.7 Å². The van der Waals surface area contributed by atoms with Gasteiger partial charge in [0.2, 0.25) is 5.91 Å². The summed E-state index contributed by atoms with van der Waals surface area (Å²) in [5.74, 6) is 0.928. The third kappa shape index (κ3) is 5.27. The minimum atomic E-state index is 0.259. The number of likely N-dealkylation sites (tertiary alicyclic amines) is 1. The molecular formula is C25H31N3O. The second-order valence-corrected chi connectivity index (χ2v) is 8.38. The van der Waals surface area contributed by atoms with Crippen LogP contribution in [0.4, 0.5) is 0 Å². The Morgan fingerprint density at radius 3 is 2.55 bits per heavy atom. The molecule has 0 saturated carbocycles. The van der Waals surface area contributed by atoms with Gasteiger partial charge in [0.15, 0.2) is 0 Å². The van der Waals surface area contributed by atoms with Crippen molar-refractivity contribution >= 4 is 16.8 Å². The summed E-state index contributed by atoms with van der Waals surface area (Å²) in [5.41, 5.74) is 3.70. The van der Waals surface area contributed by atoms with E-state index in [4.69, 9.17) is 0 Å². The van der Waals surface area contributed by atoms with Gasteiger partial charge in [0, 0.05) is 37.8 Å². The summed E-state index contributed by atoms with van der Waals surface area (Å²) in [5, 5.41) is 1.29. The van der Waals surface area contributed by atoms with Gasteiger partial charge in [-0.1, -0.05) is 48.5 Å². The van der Waals surface area contributed by atoms with Crippen LogP contribution in [0.3, 0.4) is 0 Å². The molecule has 0 radical (unpaired) electrons. The molecule has 3 aromatic rings. The predicted molar refractivity (Wildman–Crippen MR) is 118 cm³/mol. The number of nitrogens with one attached hydrogen (secondary N) is 1. The molecule has 0 aliphatic carbocycles. The Bertz CT molecular complexity index is 892. The molecule has 0 unspecified atom stereocenters. The molecule has 29 heavy (non-hydrogen) atoms. The first-order valence-corrected chi connectivity index (χ1v) is 10.7. The lowest BCUT2D eigenvalue weighted by atomic mass is 9.92. The number of para-hydroxylation sites is 1. The van der Waals surface area contributed by atoms with Gasteiger partial charge in [-0.15, -0.1) is 0 Å². The van der Waals surface area contributed by atoms with Crippen molar-refractivity contribution in [2.24, 2.45) is 5.92 Å². The smallest absolute Gasteiger partial charge is 0.222 e. The van der Waals surface area contributed by atoms with Gasteiger partial charge < -0.3 is 9.88 Å². The van der Waals surface area contributed by atoms with Crippen LogP contribution in [0.25, 0.3) is 10.9 Å². The molecule has 1 fully saturated rings. The van der Waals surface area contributed by atoms with Gasteiger partial charge in [-0.3, -0.25) is 9.69 Å². The Morgan fingerprint density at radius 1 is 1.07 bits per heavy atom. The Morgan fingerprint density at radius 2 is 1.79 bits per heavy atom. The number of nitrogens with zero attached hydrogens (tertiary/aromatic N) is 2. The Hall–Kier alpha value is -2.59. The fraction of sp³-hybridized carbons (Fsp3) is 0.400. The fourth-order valence-electron chi connectivity index (χ4n) is 4.36. The van der Waals surface area contributed by atoms with Crippen LogP contribution in [-0.2, 0) is 17.9 Å². The second kappa shape index (κ2) is 9.27. The van der Waals surface area contributed by atoms with Gasteiger partial charge in [0.1, 0.15) is 0 Å². The van der Waals surface area contributed by atoms with Crippen LogP contribution in [0.1, 0.15) is 36.9 Å². The number of rotatable bonds is 7. The molecule has 4 nitrogen and oxygen atoms in total. The molecular weight excluding hydrogens is 358 g/mol. The van der Waals surface area contributed by atoms with Crippen LogP contribution in [0.2, 0.25) is 0 Å². The number of aromatic amines is 1. The van der Waals surface area contributed by atoms with E-state index in [1.54, 1.807) is 0 Å². The standard InChI is InChI=1S/C25H31N3O/c1-27(18-21-7-3-2-4-8-21)25(29)12-11-20-13-15-28(16-14-20)19-23-17-22-9-5-6-10-24(22)26-23/h2-10,17,20,26H,11-16,18-19H2,1H3. The average Bonchev–Trinajstić information content (AvgIpc) is 3.16. The third-order valence-electron chi connectivity index (χ3n) is 6.14. The highest BCUT2D eigenvalue weighted by atomic mass is 16.2. The quantitative estimate of drug-likeness (QED) is 0.629. The number of carbonyl (C=O) groups is 1. The lowest BCUT2D eigenvalue weighted by molar-refractivity contribution is -0.130.